The summed E-state index contributed by atoms with van der Waals surface area (Å²) in [7, 11) is 0. The number of carbonyl (C=O) groups excluding carboxylic acids is 6. The van der Waals surface area contributed by atoms with E-state index >= 15 is 0 Å². The molecule has 0 heterocycles. The largest absolute Gasteiger partial charge is 0.459 e. The van der Waals surface area contributed by atoms with Gasteiger partial charge in [0.15, 0.2) is 17.5 Å². The lowest BCUT2D eigenvalue weighted by Crippen LogP contribution is -2.80. The third kappa shape index (κ3) is 5.85. The lowest BCUT2D eigenvalue weighted by Gasteiger charge is -2.67. The van der Waals surface area contributed by atoms with Crippen molar-refractivity contribution in [3.63, 3.8) is 0 Å². The van der Waals surface area contributed by atoms with Gasteiger partial charge in [0.1, 0.15) is 24.1 Å². The van der Waals surface area contributed by atoms with E-state index in [0.29, 0.717) is 0 Å². The van der Waals surface area contributed by atoms with Gasteiger partial charge in [0.05, 0.1) is 17.0 Å². The Labute approximate surface area is 285 Å². The maximum atomic E-state index is 14.5. The maximum absolute atomic E-state index is 14.5. The summed E-state index contributed by atoms with van der Waals surface area (Å²) in [5, 5.41) is 12.7. The first-order valence-corrected chi connectivity index (χ1v) is 16.6. The molecule has 2 aromatic carbocycles. The summed E-state index contributed by atoms with van der Waals surface area (Å²) in [6, 6.07) is 16.2. The Hall–Kier alpha value is -4.38. The van der Waals surface area contributed by atoms with Crippen molar-refractivity contribution in [2.45, 2.75) is 97.7 Å². The molecule has 5 rings (SSSR count). The molecular weight excluding hydrogens is 632 g/mol. The average molecular weight is 677 g/mol. The molecule has 9 atom stereocenters. The Morgan fingerprint density at radius 3 is 1.71 bits per heavy atom. The van der Waals surface area contributed by atoms with Gasteiger partial charge in [-0.2, -0.15) is 0 Å². The third-order valence-electron chi connectivity index (χ3n) is 11.3. The first kappa shape index (κ1) is 35.9. The van der Waals surface area contributed by atoms with E-state index in [1.54, 1.807) is 83.1 Å². The van der Waals surface area contributed by atoms with Crippen LogP contribution in [0.15, 0.2) is 60.7 Å². The number of benzene rings is 2. The highest BCUT2D eigenvalue weighted by atomic mass is 16.6. The molecule has 0 spiro atoms. The number of hydrogen-bond donors (Lipinski definition) is 1. The summed E-state index contributed by atoms with van der Waals surface area (Å²) in [6.07, 6.45) is -5.90. The molecule has 2 aromatic rings. The molecule has 49 heavy (non-hydrogen) atoms. The zero-order valence-electron chi connectivity index (χ0n) is 28.9. The molecule has 3 aliphatic carbocycles. The fraction of sp³-hybridized carbons (Fsp3) is 0.526. The van der Waals surface area contributed by atoms with E-state index in [2.05, 4.69) is 0 Å². The Kier molecular flexibility index (Phi) is 9.40. The fourth-order valence-electron chi connectivity index (χ4n) is 8.90. The van der Waals surface area contributed by atoms with Crippen LogP contribution in [0, 0.1) is 28.1 Å². The minimum Gasteiger partial charge on any atom is -0.459 e. The standard InChI is InChI=1S/C38H44O11/c1-8-36(6)20-25(41)29-37(7)26(19-27(46-21(2)39)38(29,45)34(36)44)35(4,5)30(48-32(42)23-15-11-9-12-16-23)28(47-22(3)40)31(37)49-33(43)24-17-13-10-14-18-24/h9-18,26-31,45H,8,19-20H2,1-7H3/t26-,27+,28-,29+,30+,31-,36+,37-,38-/m0/s1. The van der Waals surface area contributed by atoms with Crippen molar-refractivity contribution in [3.05, 3.63) is 71.8 Å². The Bertz CT molecular complexity index is 1650. The number of rotatable bonds is 7. The van der Waals surface area contributed by atoms with Crippen molar-refractivity contribution >= 4 is 35.4 Å². The van der Waals surface area contributed by atoms with Crippen LogP contribution >= 0.6 is 0 Å². The van der Waals surface area contributed by atoms with Crippen LogP contribution in [0.3, 0.4) is 0 Å². The zero-order chi connectivity index (χ0) is 36.1. The molecule has 0 unspecified atom stereocenters. The van der Waals surface area contributed by atoms with Crippen molar-refractivity contribution in [2.75, 3.05) is 0 Å². The van der Waals surface area contributed by atoms with Crippen LogP contribution in [-0.2, 0) is 38.1 Å². The summed E-state index contributed by atoms with van der Waals surface area (Å²) in [6.45, 7) is 10.8. The van der Waals surface area contributed by atoms with Gasteiger partial charge in [0.2, 0.25) is 0 Å². The first-order chi connectivity index (χ1) is 22.9. The van der Waals surface area contributed by atoms with Gasteiger partial charge in [-0.15, -0.1) is 0 Å². The predicted octanol–water partition coefficient (Wildman–Crippen LogP) is 4.67. The molecule has 262 valence electrons. The Morgan fingerprint density at radius 1 is 0.755 bits per heavy atom. The molecular formula is C38H44O11. The van der Waals surface area contributed by atoms with Crippen molar-refractivity contribution in [1.29, 1.82) is 0 Å². The molecule has 11 nitrogen and oxygen atoms in total. The fourth-order valence-corrected chi connectivity index (χ4v) is 8.90. The number of carbonyl (C=O) groups is 6. The van der Waals surface area contributed by atoms with Gasteiger partial charge in [-0.05, 0) is 43.0 Å². The van der Waals surface area contributed by atoms with Gasteiger partial charge in [-0.25, -0.2) is 9.59 Å². The number of esters is 4. The van der Waals surface area contributed by atoms with E-state index < -0.39 is 93.5 Å². The van der Waals surface area contributed by atoms with E-state index in [-0.39, 0.29) is 30.4 Å². The van der Waals surface area contributed by atoms with Gasteiger partial charge in [-0.3, -0.25) is 19.2 Å². The highest BCUT2D eigenvalue weighted by Gasteiger charge is 2.78. The summed E-state index contributed by atoms with van der Waals surface area (Å²) >= 11 is 0. The van der Waals surface area contributed by atoms with Crippen molar-refractivity contribution < 1.29 is 52.8 Å². The minimum atomic E-state index is -2.52. The number of hydrogen-bond acceptors (Lipinski definition) is 11. The molecule has 3 aliphatic rings. The van der Waals surface area contributed by atoms with Crippen LogP contribution in [0.5, 0.6) is 0 Å². The molecule has 0 aromatic heterocycles. The molecule has 1 N–H and O–H groups in total. The lowest BCUT2D eigenvalue weighted by atomic mass is 9.39. The quantitative estimate of drug-likeness (QED) is 0.321. The van der Waals surface area contributed by atoms with Crippen molar-refractivity contribution in [2.24, 2.45) is 28.1 Å². The third-order valence-corrected chi connectivity index (χ3v) is 11.3. The predicted molar refractivity (Wildman–Crippen MR) is 174 cm³/mol. The molecule has 0 radical (unpaired) electrons. The monoisotopic (exact) mass is 676 g/mol. The van der Waals surface area contributed by atoms with Crippen molar-refractivity contribution in [3.8, 4) is 0 Å². The molecule has 0 amide bonds. The van der Waals surface area contributed by atoms with Gasteiger partial charge >= 0.3 is 23.9 Å². The van der Waals surface area contributed by atoms with Gasteiger partial charge in [0, 0.05) is 36.5 Å². The van der Waals surface area contributed by atoms with Crippen LogP contribution in [0.1, 0.15) is 88.4 Å². The van der Waals surface area contributed by atoms with E-state index in [1.165, 1.54) is 12.1 Å². The number of ether oxygens (including phenoxy) is 4. The smallest absolute Gasteiger partial charge is 0.338 e. The van der Waals surface area contributed by atoms with Gasteiger partial charge in [0.25, 0.3) is 0 Å². The SMILES string of the molecule is CC[C@]1(C)CC(=O)[C@H]2[C@](O)(C1=O)[C@H](OC(C)=O)C[C@H]1C(C)(C)[C@H](OC(=O)c3ccccc3)[C@H](OC(C)=O)[C@H](OC(=O)c3ccccc3)[C@@]12C. The Balaban J connectivity index is 1.76. The number of Topliss-reactive ketones (excluding diaryl/α,β-unsaturated/α-hetero) is 2. The zero-order valence-corrected chi connectivity index (χ0v) is 28.9. The lowest BCUT2D eigenvalue weighted by molar-refractivity contribution is -0.293. The topological polar surface area (TPSA) is 160 Å². The van der Waals surface area contributed by atoms with Gasteiger partial charge in [-0.1, -0.05) is 71.0 Å². The van der Waals surface area contributed by atoms with Crippen LogP contribution in [0.25, 0.3) is 0 Å². The average Bonchev–Trinajstić information content (AvgIpc) is 3.05. The van der Waals surface area contributed by atoms with Crippen LogP contribution in [0.2, 0.25) is 0 Å². The van der Waals surface area contributed by atoms with Crippen LogP contribution < -0.4 is 0 Å². The molecule has 0 bridgehead atoms. The summed E-state index contributed by atoms with van der Waals surface area (Å²) in [5.74, 6) is -6.64. The maximum Gasteiger partial charge on any atom is 0.338 e. The van der Waals surface area contributed by atoms with E-state index in [1.807, 2.05) is 0 Å². The second-order valence-corrected chi connectivity index (χ2v) is 14.7. The molecule has 0 saturated heterocycles. The van der Waals surface area contributed by atoms with E-state index in [9.17, 15) is 33.9 Å². The van der Waals surface area contributed by atoms with Crippen molar-refractivity contribution in [1.82, 2.24) is 0 Å². The minimum absolute atomic E-state index is 0.153. The van der Waals surface area contributed by atoms with Crippen LogP contribution in [0.4, 0.5) is 0 Å². The first-order valence-electron chi connectivity index (χ1n) is 16.6. The second kappa shape index (κ2) is 12.8. The van der Waals surface area contributed by atoms with E-state index in [4.69, 9.17) is 18.9 Å². The number of aliphatic hydroxyl groups is 1. The Morgan fingerprint density at radius 2 is 1.24 bits per heavy atom. The second-order valence-electron chi connectivity index (χ2n) is 14.7. The molecule has 3 fully saturated rings. The highest BCUT2D eigenvalue weighted by Crippen LogP contribution is 2.67. The van der Waals surface area contributed by atoms with Crippen LogP contribution in [-0.4, -0.2) is 70.6 Å². The van der Waals surface area contributed by atoms with E-state index in [0.717, 1.165) is 13.8 Å². The number of fused-ring (bicyclic) bond motifs is 3. The molecule has 3 saturated carbocycles. The number of ketones is 2. The molecule has 0 aliphatic heterocycles. The molecule has 11 heteroatoms. The summed E-state index contributed by atoms with van der Waals surface area (Å²) in [4.78, 5) is 81.9. The summed E-state index contributed by atoms with van der Waals surface area (Å²) < 4.78 is 24.0. The normalized spacial score (nSPS) is 34.9. The van der Waals surface area contributed by atoms with Gasteiger partial charge < -0.3 is 24.1 Å². The summed E-state index contributed by atoms with van der Waals surface area (Å²) in [5.41, 5.74) is -6.22. The highest BCUT2D eigenvalue weighted by molar-refractivity contribution is 6.06.